The molecule has 0 aromatic carbocycles. The zero-order valence-corrected chi connectivity index (χ0v) is 21.3. The molecule has 3 saturated carbocycles. The monoisotopic (exact) mass is 448 g/mol. The van der Waals surface area contributed by atoms with E-state index in [4.69, 9.17) is 4.74 Å². The number of esters is 1. The van der Waals surface area contributed by atoms with E-state index in [9.17, 15) is 4.79 Å². The van der Waals surface area contributed by atoms with Crippen molar-refractivity contribution < 1.29 is 9.53 Å². The van der Waals surface area contributed by atoms with Gasteiger partial charge in [-0.1, -0.05) is 96.3 Å². The van der Waals surface area contributed by atoms with Gasteiger partial charge in [0.15, 0.2) is 0 Å². The summed E-state index contributed by atoms with van der Waals surface area (Å²) >= 11 is 0. The first-order chi connectivity index (χ1) is 15.2. The van der Waals surface area contributed by atoms with E-state index in [1.807, 2.05) is 0 Å². The zero-order chi connectivity index (χ0) is 21.5. The van der Waals surface area contributed by atoms with Gasteiger partial charge in [0.05, 0.1) is 13.5 Å². The van der Waals surface area contributed by atoms with Gasteiger partial charge in [0.2, 0.25) is 0 Å². The Labute approximate surface area is 192 Å². The standard InChI is InChI=1S/C26H48N2O2Si/c1-30-26(29)18-21-27-19-11-20-28(22-27)31(23-12-5-2-6-13-23,24-14-7-3-8-15-24)25-16-9-4-10-17-25/h23-25H,2-22H2,1H3. The minimum absolute atomic E-state index is 0.0486. The van der Waals surface area contributed by atoms with E-state index >= 15 is 0 Å². The van der Waals surface area contributed by atoms with E-state index in [1.54, 1.807) is 0 Å². The first kappa shape index (κ1) is 23.8. The van der Waals surface area contributed by atoms with Gasteiger partial charge in [-0.15, -0.1) is 0 Å². The van der Waals surface area contributed by atoms with Gasteiger partial charge in [-0.05, 0) is 29.6 Å². The van der Waals surface area contributed by atoms with Crippen LogP contribution >= 0.6 is 0 Å². The number of rotatable bonds is 7. The van der Waals surface area contributed by atoms with E-state index in [-0.39, 0.29) is 5.97 Å². The molecule has 1 heterocycles. The summed E-state index contributed by atoms with van der Waals surface area (Å²) in [6.07, 6.45) is 24.3. The van der Waals surface area contributed by atoms with E-state index in [0.717, 1.165) is 36.4 Å². The van der Waals surface area contributed by atoms with Crippen molar-refractivity contribution in [3.8, 4) is 0 Å². The van der Waals surface area contributed by atoms with Crippen molar-refractivity contribution in [3.05, 3.63) is 0 Å². The Morgan fingerprint density at radius 1 is 0.742 bits per heavy atom. The van der Waals surface area contributed by atoms with Gasteiger partial charge in [-0.2, -0.15) is 0 Å². The summed E-state index contributed by atoms with van der Waals surface area (Å²) in [6, 6.07) is 0. The van der Waals surface area contributed by atoms with Crippen LogP contribution in [0, 0.1) is 0 Å². The number of methoxy groups -OCH3 is 1. The number of nitrogens with zero attached hydrogens (tertiary/aromatic N) is 2. The Morgan fingerprint density at radius 2 is 1.23 bits per heavy atom. The summed E-state index contributed by atoms with van der Waals surface area (Å²) in [5.74, 6) is -0.0486. The van der Waals surface area contributed by atoms with Crippen molar-refractivity contribution >= 4 is 14.2 Å². The molecule has 1 aliphatic heterocycles. The molecule has 4 fully saturated rings. The molecule has 178 valence electrons. The maximum atomic E-state index is 11.8. The number of carbonyl (C=O) groups is 1. The van der Waals surface area contributed by atoms with Crippen LogP contribution in [0.2, 0.25) is 16.6 Å². The molecule has 1 saturated heterocycles. The number of ether oxygens (including phenoxy) is 1. The highest BCUT2D eigenvalue weighted by atomic mass is 28.3. The molecule has 4 aliphatic rings. The van der Waals surface area contributed by atoms with Crippen molar-refractivity contribution in [2.24, 2.45) is 0 Å². The molecule has 0 aromatic rings. The van der Waals surface area contributed by atoms with Crippen molar-refractivity contribution in [1.29, 1.82) is 0 Å². The van der Waals surface area contributed by atoms with Crippen LogP contribution in [0.1, 0.15) is 109 Å². The van der Waals surface area contributed by atoms with Gasteiger partial charge in [-0.25, -0.2) is 0 Å². The molecule has 0 atom stereocenters. The summed E-state index contributed by atoms with van der Waals surface area (Å²) in [6.45, 7) is 4.53. The highest BCUT2D eigenvalue weighted by Gasteiger charge is 2.56. The van der Waals surface area contributed by atoms with Crippen molar-refractivity contribution in [3.63, 3.8) is 0 Å². The molecule has 0 bridgehead atoms. The smallest absolute Gasteiger partial charge is 0.306 e. The van der Waals surface area contributed by atoms with Gasteiger partial charge >= 0.3 is 5.97 Å². The van der Waals surface area contributed by atoms with Crippen molar-refractivity contribution in [1.82, 2.24) is 9.47 Å². The molecule has 31 heavy (non-hydrogen) atoms. The second kappa shape index (κ2) is 11.6. The SMILES string of the molecule is COC(=O)CCN1CCCN([Si](C2CCCCC2)(C2CCCCC2)C2CCCCC2)C1. The van der Waals surface area contributed by atoms with E-state index < -0.39 is 8.24 Å². The molecule has 0 spiro atoms. The quantitative estimate of drug-likeness (QED) is 0.330. The van der Waals surface area contributed by atoms with Crippen LogP contribution < -0.4 is 0 Å². The Hall–Kier alpha value is -0.393. The molecular formula is C26H48N2O2Si. The predicted octanol–water partition coefficient (Wildman–Crippen LogP) is 6.46. The fourth-order valence-corrected chi connectivity index (χ4v) is 16.7. The normalized spacial score (nSPS) is 26.7. The molecule has 5 heteroatoms. The van der Waals surface area contributed by atoms with Crippen molar-refractivity contribution in [2.45, 2.75) is 126 Å². The third kappa shape index (κ3) is 5.41. The third-order valence-corrected chi connectivity index (χ3v) is 16.6. The average Bonchev–Trinajstić information content (AvgIpc) is 2.85. The molecule has 3 aliphatic carbocycles. The highest BCUT2D eigenvalue weighted by Crippen LogP contribution is 2.58. The Morgan fingerprint density at radius 3 is 1.68 bits per heavy atom. The van der Waals surface area contributed by atoms with Gasteiger partial charge in [0.1, 0.15) is 8.24 Å². The molecule has 4 rings (SSSR count). The van der Waals surface area contributed by atoms with E-state index in [0.29, 0.717) is 6.42 Å². The fraction of sp³-hybridized carbons (Fsp3) is 0.962. The Kier molecular flexibility index (Phi) is 8.93. The zero-order valence-electron chi connectivity index (χ0n) is 20.3. The van der Waals surface area contributed by atoms with Crippen LogP contribution in [0.25, 0.3) is 0 Å². The molecule has 0 aromatic heterocycles. The lowest BCUT2D eigenvalue weighted by Gasteiger charge is -2.60. The lowest BCUT2D eigenvalue weighted by atomic mass is 9.98. The van der Waals surface area contributed by atoms with Gasteiger partial charge in [-0.3, -0.25) is 9.69 Å². The molecule has 0 unspecified atom stereocenters. The summed E-state index contributed by atoms with van der Waals surface area (Å²) < 4.78 is 8.11. The van der Waals surface area contributed by atoms with Crippen LogP contribution in [-0.4, -0.2) is 57.1 Å². The van der Waals surface area contributed by atoms with Crippen LogP contribution in [0.3, 0.4) is 0 Å². The largest absolute Gasteiger partial charge is 0.469 e. The summed E-state index contributed by atoms with van der Waals surface area (Å²) in [4.78, 5) is 14.4. The van der Waals surface area contributed by atoms with Gasteiger partial charge < -0.3 is 9.30 Å². The first-order valence-corrected chi connectivity index (χ1v) is 16.0. The van der Waals surface area contributed by atoms with E-state index in [1.165, 1.54) is 116 Å². The lowest BCUT2D eigenvalue weighted by Crippen LogP contribution is -2.67. The molecule has 0 N–H and O–H groups in total. The van der Waals surface area contributed by atoms with Gasteiger partial charge in [0.25, 0.3) is 0 Å². The summed E-state index contributed by atoms with van der Waals surface area (Å²) in [7, 11) is -0.0972. The van der Waals surface area contributed by atoms with Crippen LogP contribution in [0.4, 0.5) is 0 Å². The third-order valence-electron chi connectivity index (χ3n) is 9.46. The second-order valence-corrected chi connectivity index (χ2v) is 16.0. The Bertz CT molecular complexity index is 508. The Balaban J connectivity index is 1.63. The molecular weight excluding hydrogens is 400 g/mol. The fourth-order valence-electron chi connectivity index (χ4n) is 8.19. The second-order valence-electron chi connectivity index (χ2n) is 11.1. The highest BCUT2D eigenvalue weighted by molar-refractivity contribution is 6.81. The van der Waals surface area contributed by atoms with Crippen LogP contribution in [0.5, 0.6) is 0 Å². The lowest BCUT2D eigenvalue weighted by molar-refractivity contribution is -0.141. The maximum absolute atomic E-state index is 11.8. The van der Waals surface area contributed by atoms with Gasteiger partial charge in [0, 0.05) is 19.8 Å². The molecule has 4 nitrogen and oxygen atoms in total. The molecule has 0 radical (unpaired) electrons. The topological polar surface area (TPSA) is 32.8 Å². The molecule has 0 amide bonds. The average molecular weight is 449 g/mol. The number of carbonyl (C=O) groups excluding carboxylic acids is 1. The predicted molar refractivity (Wildman–Crippen MR) is 131 cm³/mol. The van der Waals surface area contributed by atoms with Crippen LogP contribution in [0.15, 0.2) is 0 Å². The minimum Gasteiger partial charge on any atom is -0.469 e. The number of hydrogen-bond acceptors (Lipinski definition) is 4. The summed E-state index contributed by atoms with van der Waals surface area (Å²) in [5, 5.41) is 0. The van der Waals surface area contributed by atoms with Crippen molar-refractivity contribution in [2.75, 3.05) is 33.4 Å². The number of hydrogen-bond donors (Lipinski definition) is 0. The van der Waals surface area contributed by atoms with Crippen LogP contribution in [-0.2, 0) is 9.53 Å². The summed E-state index contributed by atoms with van der Waals surface area (Å²) in [5.41, 5.74) is 3.11. The van der Waals surface area contributed by atoms with E-state index in [2.05, 4.69) is 9.47 Å². The first-order valence-electron chi connectivity index (χ1n) is 13.8. The minimum atomic E-state index is -1.62. The maximum Gasteiger partial charge on any atom is 0.306 e.